The molecule has 0 saturated heterocycles. The molecule has 0 spiro atoms. The second-order valence-corrected chi connectivity index (χ2v) is 6.21. The summed E-state index contributed by atoms with van der Waals surface area (Å²) in [4.78, 5) is 39.2. The lowest BCUT2D eigenvalue weighted by molar-refractivity contribution is 0.0735. The SMILES string of the molecule is Cc1ccc(OC(=O)c2ccccc2N2C(=O)c3ccccc3C2=O)cc1. The number of amides is 2. The molecule has 1 aliphatic heterocycles. The van der Waals surface area contributed by atoms with Crippen LogP contribution in [0.1, 0.15) is 36.6 Å². The number of carbonyl (C=O) groups excluding carboxylic acids is 3. The van der Waals surface area contributed by atoms with E-state index in [4.69, 9.17) is 4.74 Å². The zero-order valence-corrected chi connectivity index (χ0v) is 14.5. The Labute approximate surface area is 155 Å². The number of anilines is 1. The number of ether oxygens (including phenoxy) is 1. The highest BCUT2D eigenvalue weighted by molar-refractivity contribution is 6.35. The van der Waals surface area contributed by atoms with Gasteiger partial charge in [-0.05, 0) is 43.3 Å². The summed E-state index contributed by atoms with van der Waals surface area (Å²) >= 11 is 0. The number of hydrogen-bond donors (Lipinski definition) is 0. The molecule has 1 heterocycles. The van der Waals surface area contributed by atoms with E-state index in [1.807, 2.05) is 19.1 Å². The van der Waals surface area contributed by atoms with Crippen LogP contribution in [0.2, 0.25) is 0 Å². The van der Waals surface area contributed by atoms with Gasteiger partial charge in [0.1, 0.15) is 5.75 Å². The van der Waals surface area contributed by atoms with Crippen molar-refractivity contribution in [3.8, 4) is 5.75 Å². The van der Waals surface area contributed by atoms with Crippen molar-refractivity contribution in [3.05, 3.63) is 95.1 Å². The number of nitrogens with zero attached hydrogens (tertiary/aromatic N) is 1. The molecule has 0 radical (unpaired) electrons. The Morgan fingerprint density at radius 2 is 1.33 bits per heavy atom. The number of aryl methyl sites for hydroxylation is 1. The van der Waals surface area contributed by atoms with Crippen LogP contribution in [0, 0.1) is 6.92 Å². The highest BCUT2D eigenvalue weighted by Gasteiger charge is 2.38. The minimum atomic E-state index is -0.633. The minimum absolute atomic E-state index is 0.146. The lowest BCUT2D eigenvalue weighted by Gasteiger charge is -2.17. The molecule has 0 N–H and O–H groups in total. The van der Waals surface area contributed by atoms with Crippen molar-refractivity contribution in [2.45, 2.75) is 6.92 Å². The van der Waals surface area contributed by atoms with Crippen LogP contribution in [0.15, 0.2) is 72.8 Å². The normalized spacial score (nSPS) is 12.9. The molecule has 3 aromatic rings. The van der Waals surface area contributed by atoms with Crippen LogP contribution in [0.25, 0.3) is 0 Å². The Kier molecular flexibility index (Phi) is 4.05. The first-order chi connectivity index (χ1) is 13.1. The molecule has 0 bridgehead atoms. The van der Waals surface area contributed by atoms with Gasteiger partial charge in [-0.15, -0.1) is 0 Å². The number of benzene rings is 3. The second kappa shape index (κ2) is 6.53. The third-order valence-electron chi connectivity index (χ3n) is 4.39. The fraction of sp³-hybridized carbons (Fsp3) is 0.0455. The lowest BCUT2D eigenvalue weighted by atomic mass is 10.1. The lowest BCUT2D eigenvalue weighted by Crippen LogP contribution is -2.31. The van der Waals surface area contributed by atoms with Crippen molar-refractivity contribution in [2.24, 2.45) is 0 Å². The first kappa shape index (κ1) is 16.7. The monoisotopic (exact) mass is 357 g/mol. The van der Waals surface area contributed by atoms with Crippen molar-refractivity contribution in [1.82, 2.24) is 0 Å². The van der Waals surface area contributed by atoms with Crippen molar-refractivity contribution in [3.63, 3.8) is 0 Å². The minimum Gasteiger partial charge on any atom is -0.423 e. The summed E-state index contributed by atoms with van der Waals surface area (Å²) < 4.78 is 5.42. The van der Waals surface area contributed by atoms with Crippen LogP contribution in [0.4, 0.5) is 5.69 Å². The molecule has 0 unspecified atom stereocenters. The van der Waals surface area contributed by atoms with Gasteiger partial charge in [0.05, 0.1) is 22.4 Å². The molecule has 0 aliphatic carbocycles. The molecular formula is C22H15NO4. The van der Waals surface area contributed by atoms with E-state index >= 15 is 0 Å². The summed E-state index contributed by atoms with van der Waals surface area (Å²) in [6.07, 6.45) is 0. The highest BCUT2D eigenvalue weighted by Crippen LogP contribution is 2.31. The third kappa shape index (κ3) is 2.89. The molecular weight excluding hydrogens is 342 g/mol. The average molecular weight is 357 g/mol. The molecule has 5 heteroatoms. The van der Waals surface area contributed by atoms with E-state index in [0.29, 0.717) is 16.9 Å². The van der Waals surface area contributed by atoms with Gasteiger partial charge >= 0.3 is 5.97 Å². The maximum absolute atomic E-state index is 12.7. The Morgan fingerprint density at radius 3 is 1.96 bits per heavy atom. The molecule has 0 atom stereocenters. The van der Waals surface area contributed by atoms with Gasteiger partial charge in [-0.25, -0.2) is 9.69 Å². The van der Waals surface area contributed by atoms with E-state index in [-0.39, 0.29) is 11.3 Å². The van der Waals surface area contributed by atoms with E-state index in [2.05, 4.69) is 0 Å². The van der Waals surface area contributed by atoms with Gasteiger partial charge in [-0.1, -0.05) is 42.0 Å². The quantitative estimate of drug-likeness (QED) is 0.404. The number of fused-ring (bicyclic) bond motifs is 1. The van der Waals surface area contributed by atoms with E-state index in [1.165, 1.54) is 6.07 Å². The van der Waals surface area contributed by atoms with Crippen molar-refractivity contribution >= 4 is 23.5 Å². The maximum atomic E-state index is 12.7. The Balaban J connectivity index is 1.70. The first-order valence-corrected chi connectivity index (χ1v) is 8.42. The standard InChI is InChI=1S/C22H15NO4/c1-14-10-12-15(13-11-14)27-22(26)18-8-4-5-9-19(18)23-20(24)16-6-2-3-7-17(16)21(23)25/h2-13H,1H3. The molecule has 0 fully saturated rings. The fourth-order valence-electron chi connectivity index (χ4n) is 3.02. The molecule has 0 aromatic heterocycles. The summed E-state index contributed by atoms with van der Waals surface area (Å²) in [5, 5.41) is 0. The molecule has 2 amide bonds. The number of carbonyl (C=O) groups is 3. The Hall–Kier alpha value is -3.73. The summed E-state index contributed by atoms with van der Waals surface area (Å²) in [6.45, 7) is 1.93. The number of para-hydroxylation sites is 1. The molecule has 4 rings (SSSR count). The van der Waals surface area contributed by atoms with Gasteiger partial charge in [-0.3, -0.25) is 9.59 Å². The van der Waals surface area contributed by atoms with Gasteiger partial charge in [0.2, 0.25) is 0 Å². The fourth-order valence-corrected chi connectivity index (χ4v) is 3.02. The third-order valence-corrected chi connectivity index (χ3v) is 4.39. The molecule has 5 nitrogen and oxygen atoms in total. The number of esters is 1. The number of rotatable bonds is 3. The number of hydrogen-bond acceptors (Lipinski definition) is 4. The summed E-state index contributed by atoms with van der Waals surface area (Å²) in [5.41, 5.74) is 2.04. The van der Waals surface area contributed by atoms with Crippen LogP contribution >= 0.6 is 0 Å². The highest BCUT2D eigenvalue weighted by atomic mass is 16.5. The van der Waals surface area contributed by atoms with E-state index < -0.39 is 17.8 Å². The Bertz CT molecular complexity index is 1030. The smallest absolute Gasteiger partial charge is 0.345 e. The predicted molar refractivity (Wildman–Crippen MR) is 100 cm³/mol. The molecule has 132 valence electrons. The van der Waals surface area contributed by atoms with Crippen molar-refractivity contribution in [1.29, 1.82) is 0 Å². The van der Waals surface area contributed by atoms with Gasteiger partial charge in [-0.2, -0.15) is 0 Å². The molecule has 3 aromatic carbocycles. The van der Waals surface area contributed by atoms with Crippen molar-refractivity contribution in [2.75, 3.05) is 4.90 Å². The van der Waals surface area contributed by atoms with Crippen molar-refractivity contribution < 1.29 is 19.1 Å². The zero-order chi connectivity index (χ0) is 19.0. The van der Waals surface area contributed by atoms with Gasteiger partial charge < -0.3 is 4.74 Å². The Morgan fingerprint density at radius 1 is 0.778 bits per heavy atom. The van der Waals surface area contributed by atoms with Crippen LogP contribution in [-0.4, -0.2) is 17.8 Å². The van der Waals surface area contributed by atoms with Gasteiger partial charge in [0.25, 0.3) is 11.8 Å². The zero-order valence-electron chi connectivity index (χ0n) is 14.5. The van der Waals surface area contributed by atoms with Gasteiger partial charge in [0.15, 0.2) is 0 Å². The van der Waals surface area contributed by atoms with Crippen LogP contribution in [0.5, 0.6) is 5.75 Å². The van der Waals surface area contributed by atoms with E-state index in [0.717, 1.165) is 10.5 Å². The second-order valence-electron chi connectivity index (χ2n) is 6.21. The van der Waals surface area contributed by atoms with Crippen LogP contribution in [0.3, 0.4) is 0 Å². The van der Waals surface area contributed by atoms with Gasteiger partial charge in [0, 0.05) is 0 Å². The van der Waals surface area contributed by atoms with E-state index in [9.17, 15) is 14.4 Å². The predicted octanol–water partition coefficient (Wildman–Crippen LogP) is 4.01. The average Bonchev–Trinajstić information content (AvgIpc) is 2.94. The summed E-state index contributed by atoms with van der Waals surface area (Å²) in [5.74, 6) is -1.15. The summed E-state index contributed by atoms with van der Waals surface area (Å²) in [6, 6.07) is 20.1. The topological polar surface area (TPSA) is 63.7 Å². The molecule has 27 heavy (non-hydrogen) atoms. The first-order valence-electron chi connectivity index (χ1n) is 8.42. The molecule has 0 saturated carbocycles. The molecule has 1 aliphatic rings. The van der Waals surface area contributed by atoms with Crippen LogP contribution < -0.4 is 9.64 Å². The number of imide groups is 1. The largest absolute Gasteiger partial charge is 0.423 e. The van der Waals surface area contributed by atoms with E-state index in [1.54, 1.807) is 54.6 Å². The summed E-state index contributed by atoms with van der Waals surface area (Å²) in [7, 11) is 0. The van der Waals surface area contributed by atoms with Crippen LogP contribution in [-0.2, 0) is 0 Å². The maximum Gasteiger partial charge on any atom is 0.345 e.